The van der Waals surface area contributed by atoms with Crippen molar-refractivity contribution < 1.29 is 19.4 Å². The molecule has 0 spiro atoms. The predicted molar refractivity (Wildman–Crippen MR) is 72.0 cm³/mol. The topological polar surface area (TPSA) is 63.6 Å². The van der Waals surface area contributed by atoms with Gasteiger partial charge in [0.05, 0.1) is 12.7 Å². The van der Waals surface area contributed by atoms with Gasteiger partial charge in [-0.05, 0) is 40.6 Å². The molecule has 0 unspecified atom stereocenters. The van der Waals surface area contributed by atoms with Crippen molar-refractivity contribution in [2.24, 2.45) is 0 Å². The number of fused-ring (bicyclic) bond motifs is 1. The zero-order valence-corrected chi connectivity index (χ0v) is 10.3. The summed E-state index contributed by atoms with van der Waals surface area (Å²) in [5.41, 5.74) is 1.10. The smallest absolute Gasteiger partial charge is 0.335 e. The molecule has 0 heterocycles. The lowest BCUT2D eigenvalue weighted by atomic mass is 10.0. The highest BCUT2D eigenvalue weighted by Gasteiger charge is 2.03. The second kappa shape index (κ2) is 5.35. The highest BCUT2D eigenvalue weighted by Crippen LogP contribution is 2.19. The molecule has 0 fully saturated rings. The lowest BCUT2D eigenvalue weighted by molar-refractivity contribution is -0.134. The van der Waals surface area contributed by atoms with E-state index in [2.05, 4.69) is 4.74 Å². The molecule has 19 heavy (non-hydrogen) atoms. The third kappa shape index (κ3) is 2.98. The molecule has 0 saturated heterocycles. The van der Waals surface area contributed by atoms with Crippen molar-refractivity contribution in [1.82, 2.24) is 0 Å². The van der Waals surface area contributed by atoms with Crippen LogP contribution in [-0.2, 0) is 9.53 Å². The number of carboxylic acids is 1. The van der Waals surface area contributed by atoms with E-state index in [0.29, 0.717) is 0 Å². The second-order valence-corrected chi connectivity index (χ2v) is 3.98. The monoisotopic (exact) mass is 256 g/mol. The number of aromatic carboxylic acids is 1. The first kappa shape index (κ1) is 12.8. The minimum atomic E-state index is -0.948. The summed E-state index contributed by atoms with van der Waals surface area (Å²) in [6.45, 7) is 0. The first-order valence-electron chi connectivity index (χ1n) is 5.63. The fourth-order valence-electron chi connectivity index (χ4n) is 1.73. The van der Waals surface area contributed by atoms with Gasteiger partial charge in [0.2, 0.25) is 0 Å². The molecule has 96 valence electrons. The molecule has 4 nitrogen and oxygen atoms in total. The Morgan fingerprint density at radius 3 is 2.47 bits per heavy atom. The molecule has 1 N–H and O–H groups in total. The zero-order valence-electron chi connectivity index (χ0n) is 10.3. The van der Waals surface area contributed by atoms with Crippen LogP contribution in [0.25, 0.3) is 16.8 Å². The Labute approximate surface area is 109 Å². The third-order valence-corrected chi connectivity index (χ3v) is 2.72. The van der Waals surface area contributed by atoms with Crippen LogP contribution in [0.5, 0.6) is 0 Å². The van der Waals surface area contributed by atoms with Crippen molar-refractivity contribution >= 4 is 28.8 Å². The predicted octanol–water partition coefficient (Wildman–Crippen LogP) is 2.72. The molecule has 0 saturated carbocycles. The number of hydrogen-bond donors (Lipinski definition) is 1. The molecule has 0 aliphatic rings. The fourth-order valence-corrected chi connectivity index (χ4v) is 1.73. The van der Waals surface area contributed by atoms with Crippen LogP contribution in [0.4, 0.5) is 0 Å². The van der Waals surface area contributed by atoms with E-state index in [1.54, 1.807) is 24.3 Å². The van der Waals surface area contributed by atoms with Crippen molar-refractivity contribution in [3.8, 4) is 0 Å². The first-order chi connectivity index (χ1) is 9.10. The largest absolute Gasteiger partial charge is 0.478 e. The molecule has 0 radical (unpaired) electrons. The van der Waals surface area contributed by atoms with E-state index in [0.717, 1.165) is 16.3 Å². The minimum absolute atomic E-state index is 0.255. The summed E-state index contributed by atoms with van der Waals surface area (Å²) < 4.78 is 4.51. The number of rotatable bonds is 3. The van der Waals surface area contributed by atoms with E-state index in [9.17, 15) is 9.59 Å². The summed E-state index contributed by atoms with van der Waals surface area (Å²) in [7, 11) is 1.32. The van der Waals surface area contributed by atoms with Gasteiger partial charge in [0, 0.05) is 6.08 Å². The van der Waals surface area contributed by atoms with Gasteiger partial charge in [0.25, 0.3) is 0 Å². The van der Waals surface area contributed by atoms with Crippen molar-refractivity contribution in [3.05, 3.63) is 53.6 Å². The Morgan fingerprint density at radius 2 is 1.79 bits per heavy atom. The molecule has 4 heteroatoms. The van der Waals surface area contributed by atoms with E-state index in [4.69, 9.17) is 5.11 Å². The van der Waals surface area contributed by atoms with Gasteiger partial charge >= 0.3 is 11.9 Å². The van der Waals surface area contributed by atoms with Crippen LogP contribution >= 0.6 is 0 Å². The maximum atomic E-state index is 11.0. The summed E-state index contributed by atoms with van der Waals surface area (Å²) >= 11 is 0. The number of carbonyl (C=O) groups excluding carboxylic acids is 1. The summed E-state index contributed by atoms with van der Waals surface area (Å²) in [4.78, 5) is 21.9. The molecule has 0 aromatic heterocycles. The number of methoxy groups -OCH3 is 1. The van der Waals surface area contributed by atoms with Crippen LogP contribution in [0.15, 0.2) is 42.5 Å². The van der Waals surface area contributed by atoms with Crippen molar-refractivity contribution in [3.63, 3.8) is 0 Å². The van der Waals surface area contributed by atoms with Crippen LogP contribution < -0.4 is 0 Å². The highest BCUT2D eigenvalue weighted by atomic mass is 16.5. The average Bonchev–Trinajstić information content (AvgIpc) is 2.43. The Balaban J connectivity index is 2.36. The quantitative estimate of drug-likeness (QED) is 0.677. The molecule has 0 atom stereocenters. The lowest BCUT2D eigenvalue weighted by Crippen LogP contribution is -1.95. The Hall–Kier alpha value is -2.62. The summed E-state index contributed by atoms with van der Waals surface area (Å²) in [5, 5.41) is 10.7. The molecule has 0 amide bonds. The minimum Gasteiger partial charge on any atom is -0.478 e. The van der Waals surface area contributed by atoms with Crippen LogP contribution in [0.1, 0.15) is 15.9 Å². The van der Waals surface area contributed by atoms with Crippen LogP contribution in [0.2, 0.25) is 0 Å². The average molecular weight is 256 g/mol. The van der Waals surface area contributed by atoms with Gasteiger partial charge in [-0.3, -0.25) is 0 Å². The van der Waals surface area contributed by atoms with E-state index in [1.807, 2.05) is 18.2 Å². The Bertz CT molecular complexity index is 671. The van der Waals surface area contributed by atoms with Crippen LogP contribution in [0.3, 0.4) is 0 Å². The number of benzene rings is 2. The van der Waals surface area contributed by atoms with E-state index in [1.165, 1.54) is 13.2 Å². The summed E-state index contributed by atoms with van der Waals surface area (Å²) in [5.74, 6) is -1.36. The van der Waals surface area contributed by atoms with E-state index in [-0.39, 0.29) is 5.56 Å². The van der Waals surface area contributed by atoms with Crippen LogP contribution in [-0.4, -0.2) is 24.2 Å². The fraction of sp³-hybridized carbons (Fsp3) is 0.0667. The number of hydrogen-bond acceptors (Lipinski definition) is 3. The maximum absolute atomic E-state index is 11.0. The molecule has 2 aromatic carbocycles. The number of esters is 1. The van der Waals surface area contributed by atoms with Crippen molar-refractivity contribution in [1.29, 1.82) is 0 Å². The molecule has 0 aliphatic heterocycles. The summed E-state index contributed by atoms with van der Waals surface area (Å²) in [6, 6.07) is 10.4. The maximum Gasteiger partial charge on any atom is 0.335 e. The molecule has 2 rings (SSSR count). The van der Waals surface area contributed by atoms with Gasteiger partial charge in [0.15, 0.2) is 0 Å². The SMILES string of the molecule is COC(=O)/C=C/c1ccc2cc(C(=O)O)ccc2c1. The Morgan fingerprint density at radius 1 is 1.11 bits per heavy atom. The van der Waals surface area contributed by atoms with Gasteiger partial charge in [-0.25, -0.2) is 9.59 Å². The van der Waals surface area contributed by atoms with Gasteiger partial charge in [-0.1, -0.05) is 18.2 Å². The molecule has 2 aromatic rings. The van der Waals surface area contributed by atoms with Crippen molar-refractivity contribution in [2.45, 2.75) is 0 Å². The van der Waals surface area contributed by atoms with Gasteiger partial charge in [-0.15, -0.1) is 0 Å². The lowest BCUT2D eigenvalue weighted by Gasteiger charge is -2.01. The Kier molecular flexibility index (Phi) is 3.61. The number of ether oxygens (including phenoxy) is 1. The van der Waals surface area contributed by atoms with Gasteiger partial charge in [0.1, 0.15) is 0 Å². The first-order valence-corrected chi connectivity index (χ1v) is 5.63. The number of carboxylic acid groups (broad SMARTS) is 1. The molecular formula is C15H12O4. The van der Waals surface area contributed by atoms with Gasteiger partial charge in [-0.2, -0.15) is 0 Å². The number of carbonyl (C=O) groups is 2. The molecule has 0 bridgehead atoms. The zero-order chi connectivity index (χ0) is 13.8. The third-order valence-electron chi connectivity index (χ3n) is 2.72. The van der Waals surface area contributed by atoms with Crippen molar-refractivity contribution in [2.75, 3.05) is 7.11 Å². The van der Waals surface area contributed by atoms with E-state index >= 15 is 0 Å². The van der Waals surface area contributed by atoms with E-state index < -0.39 is 11.9 Å². The summed E-state index contributed by atoms with van der Waals surface area (Å²) in [6.07, 6.45) is 2.99. The van der Waals surface area contributed by atoms with Gasteiger partial charge < -0.3 is 9.84 Å². The standard InChI is InChI=1S/C15H12O4/c1-19-14(16)7-3-10-2-4-12-9-13(15(17)18)6-5-11(12)8-10/h2-9H,1H3,(H,17,18)/b7-3+. The highest BCUT2D eigenvalue weighted by molar-refractivity contribution is 5.95. The van der Waals surface area contributed by atoms with Crippen LogP contribution in [0, 0.1) is 0 Å². The molecular weight excluding hydrogens is 244 g/mol. The normalized spacial score (nSPS) is 10.8. The second-order valence-electron chi connectivity index (χ2n) is 3.98. The molecule has 0 aliphatic carbocycles.